The third-order valence-electron chi connectivity index (χ3n) is 2.78. The van der Waals surface area contributed by atoms with Crippen molar-refractivity contribution in [2.45, 2.75) is 13.5 Å². The van der Waals surface area contributed by atoms with Gasteiger partial charge in [0.25, 0.3) is 0 Å². The number of nitrogens with zero attached hydrogens (tertiary/aromatic N) is 4. The van der Waals surface area contributed by atoms with Crippen molar-refractivity contribution >= 4 is 22.1 Å². The summed E-state index contributed by atoms with van der Waals surface area (Å²) in [7, 11) is 1.99. The van der Waals surface area contributed by atoms with E-state index in [1.54, 1.807) is 11.3 Å². The van der Waals surface area contributed by atoms with Gasteiger partial charge in [0.2, 0.25) is 0 Å². The average molecular weight is 267 g/mol. The van der Waals surface area contributed by atoms with Crippen LogP contribution < -0.4 is 5.73 Å². The highest BCUT2D eigenvalue weighted by atomic mass is 32.1. The minimum absolute atomic E-state index is 0.0173. The molecule has 7 heteroatoms. The van der Waals surface area contributed by atoms with Crippen molar-refractivity contribution in [2.24, 2.45) is 16.8 Å². The maximum Gasteiger partial charge on any atom is 0.193 e. The lowest BCUT2D eigenvalue weighted by Gasteiger charge is -2.19. The summed E-state index contributed by atoms with van der Waals surface area (Å²) in [4.78, 5) is 7.62. The van der Waals surface area contributed by atoms with Crippen molar-refractivity contribution < 1.29 is 5.21 Å². The number of thiazole rings is 1. The number of hydrogen-bond acceptors (Lipinski definition) is 5. The van der Waals surface area contributed by atoms with Crippen molar-refractivity contribution in [1.29, 1.82) is 0 Å². The van der Waals surface area contributed by atoms with E-state index < -0.39 is 0 Å². The Bertz CT molecular complexity index is 518. The third-order valence-corrected chi connectivity index (χ3v) is 3.55. The largest absolute Gasteiger partial charge is 0.409 e. The first-order valence-corrected chi connectivity index (χ1v) is 6.55. The third kappa shape index (κ3) is 2.80. The lowest BCUT2D eigenvalue weighted by Crippen LogP contribution is -2.32. The molecule has 0 aliphatic rings. The number of amidine groups is 1. The molecule has 1 unspecified atom stereocenters. The van der Waals surface area contributed by atoms with Crippen LogP contribution in [0.1, 0.15) is 12.6 Å². The molecular weight excluding hydrogens is 250 g/mol. The van der Waals surface area contributed by atoms with Crippen LogP contribution in [0.5, 0.6) is 0 Å². The molecule has 0 amide bonds. The number of nitrogens with two attached hydrogens (primary N) is 1. The molecule has 2 aromatic heterocycles. The Balaban J connectivity index is 1.95. The first-order valence-electron chi connectivity index (χ1n) is 5.67. The van der Waals surface area contributed by atoms with Gasteiger partial charge in [0.05, 0.1) is 5.69 Å². The summed E-state index contributed by atoms with van der Waals surface area (Å²) in [5.74, 6) is 0.274. The molecule has 1 atom stereocenters. The minimum atomic E-state index is 0.0173. The van der Waals surface area contributed by atoms with Crippen LogP contribution in [-0.4, -0.2) is 38.9 Å². The first-order chi connectivity index (χ1) is 8.60. The molecule has 0 spiro atoms. The van der Waals surface area contributed by atoms with E-state index in [1.165, 1.54) is 0 Å². The molecule has 0 saturated heterocycles. The topological polar surface area (TPSA) is 79.2 Å². The number of imidazole rings is 1. The lowest BCUT2D eigenvalue weighted by atomic mass is 10.1. The number of oxime groups is 1. The second-order valence-corrected chi connectivity index (χ2v) is 5.32. The van der Waals surface area contributed by atoms with Gasteiger partial charge in [-0.25, -0.2) is 4.98 Å². The Morgan fingerprint density at radius 3 is 3.17 bits per heavy atom. The molecule has 18 heavy (non-hydrogen) atoms. The normalized spacial score (nSPS) is 14.5. The second kappa shape index (κ2) is 5.36. The summed E-state index contributed by atoms with van der Waals surface area (Å²) in [5, 5.41) is 13.6. The highest BCUT2D eigenvalue weighted by Crippen LogP contribution is 2.12. The van der Waals surface area contributed by atoms with E-state index in [-0.39, 0.29) is 11.8 Å². The smallest absolute Gasteiger partial charge is 0.193 e. The number of aromatic nitrogens is 2. The van der Waals surface area contributed by atoms with Crippen molar-refractivity contribution in [3.63, 3.8) is 0 Å². The molecule has 0 radical (unpaired) electrons. The molecule has 3 N–H and O–H groups in total. The van der Waals surface area contributed by atoms with Crippen LogP contribution >= 0.6 is 11.3 Å². The van der Waals surface area contributed by atoms with Gasteiger partial charge < -0.3 is 10.9 Å². The summed E-state index contributed by atoms with van der Waals surface area (Å²) in [6, 6.07) is 0. The van der Waals surface area contributed by atoms with Gasteiger partial charge in [0.15, 0.2) is 4.96 Å². The van der Waals surface area contributed by atoms with Gasteiger partial charge in [-0.15, -0.1) is 11.3 Å². The van der Waals surface area contributed by atoms with E-state index in [0.717, 1.165) is 23.7 Å². The molecule has 0 aliphatic carbocycles. The molecular formula is C11H17N5OS. The Hall–Kier alpha value is -1.60. The van der Waals surface area contributed by atoms with E-state index in [1.807, 2.05) is 36.1 Å². The van der Waals surface area contributed by atoms with Gasteiger partial charge in [-0.2, -0.15) is 0 Å². The zero-order chi connectivity index (χ0) is 13.1. The minimum Gasteiger partial charge on any atom is -0.409 e. The van der Waals surface area contributed by atoms with Crippen LogP contribution in [0.3, 0.4) is 0 Å². The van der Waals surface area contributed by atoms with E-state index in [2.05, 4.69) is 15.0 Å². The van der Waals surface area contributed by atoms with Gasteiger partial charge >= 0.3 is 0 Å². The SMILES string of the molecule is CC(CN(C)Cc1cn2ccsc2n1)/C(N)=N/O. The fourth-order valence-electron chi connectivity index (χ4n) is 1.85. The van der Waals surface area contributed by atoms with E-state index in [4.69, 9.17) is 10.9 Å². The van der Waals surface area contributed by atoms with E-state index in [0.29, 0.717) is 0 Å². The molecule has 0 aromatic carbocycles. The van der Waals surface area contributed by atoms with Crippen molar-refractivity contribution in [3.05, 3.63) is 23.5 Å². The Labute approximate surface area is 109 Å². The zero-order valence-corrected chi connectivity index (χ0v) is 11.3. The molecule has 2 heterocycles. The molecule has 98 valence electrons. The van der Waals surface area contributed by atoms with Crippen LogP contribution in [0.15, 0.2) is 22.9 Å². The highest BCUT2D eigenvalue weighted by molar-refractivity contribution is 7.15. The van der Waals surface area contributed by atoms with E-state index >= 15 is 0 Å². The van der Waals surface area contributed by atoms with Crippen LogP contribution in [0.4, 0.5) is 0 Å². The standard InChI is InChI=1S/C11H17N5OS/c1-8(10(12)14-17)5-15(2)6-9-7-16-3-4-18-11(16)13-9/h3-4,7-8,17H,5-6H2,1-2H3,(H2,12,14). The summed E-state index contributed by atoms with van der Waals surface area (Å²) >= 11 is 1.62. The van der Waals surface area contributed by atoms with Gasteiger partial charge in [-0.3, -0.25) is 9.30 Å². The summed E-state index contributed by atoms with van der Waals surface area (Å²) in [5.41, 5.74) is 6.58. The summed E-state index contributed by atoms with van der Waals surface area (Å²) in [6.45, 7) is 3.40. The van der Waals surface area contributed by atoms with Crippen LogP contribution in [0.2, 0.25) is 0 Å². The van der Waals surface area contributed by atoms with E-state index in [9.17, 15) is 0 Å². The average Bonchev–Trinajstić information content (AvgIpc) is 2.87. The Morgan fingerprint density at radius 2 is 2.50 bits per heavy atom. The monoisotopic (exact) mass is 267 g/mol. The second-order valence-electron chi connectivity index (χ2n) is 4.45. The van der Waals surface area contributed by atoms with Crippen LogP contribution in [-0.2, 0) is 6.54 Å². The fourth-order valence-corrected chi connectivity index (χ4v) is 2.57. The molecule has 0 aliphatic heterocycles. The molecule has 2 rings (SSSR count). The van der Waals surface area contributed by atoms with Gasteiger partial charge in [-0.05, 0) is 7.05 Å². The lowest BCUT2D eigenvalue weighted by molar-refractivity contribution is 0.289. The maximum absolute atomic E-state index is 8.61. The first kappa shape index (κ1) is 12.8. The van der Waals surface area contributed by atoms with Gasteiger partial charge in [0.1, 0.15) is 5.84 Å². The van der Waals surface area contributed by atoms with Crippen LogP contribution in [0.25, 0.3) is 4.96 Å². The maximum atomic E-state index is 8.61. The molecule has 6 nitrogen and oxygen atoms in total. The quantitative estimate of drug-likeness (QED) is 0.369. The zero-order valence-electron chi connectivity index (χ0n) is 10.4. The van der Waals surface area contributed by atoms with Crippen molar-refractivity contribution in [3.8, 4) is 0 Å². The Morgan fingerprint density at radius 1 is 1.72 bits per heavy atom. The summed E-state index contributed by atoms with van der Waals surface area (Å²) in [6.07, 6.45) is 4.02. The predicted molar refractivity (Wildman–Crippen MR) is 72.0 cm³/mol. The number of rotatable bonds is 5. The van der Waals surface area contributed by atoms with Crippen molar-refractivity contribution in [2.75, 3.05) is 13.6 Å². The van der Waals surface area contributed by atoms with Gasteiger partial charge in [0, 0.05) is 36.8 Å². The van der Waals surface area contributed by atoms with Gasteiger partial charge in [-0.1, -0.05) is 12.1 Å². The predicted octanol–water partition coefficient (Wildman–Crippen LogP) is 1.21. The Kier molecular flexibility index (Phi) is 3.83. The number of fused-ring (bicyclic) bond motifs is 1. The summed E-state index contributed by atoms with van der Waals surface area (Å²) < 4.78 is 2.01. The number of hydrogen-bond donors (Lipinski definition) is 2. The van der Waals surface area contributed by atoms with Crippen molar-refractivity contribution in [1.82, 2.24) is 14.3 Å². The molecule has 0 saturated carbocycles. The van der Waals surface area contributed by atoms with Crippen LogP contribution in [0, 0.1) is 5.92 Å². The molecule has 0 bridgehead atoms. The fraction of sp³-hybridized carbons (Fsp3) is 0.455. The molecule has 2 aromatic rings. The highest BCUT2D eigenvalue weighted by Gasteiger charge is 2.12. The molecule has 0 fully saturated rings.